The first-order valence-corrected chi connectivity index (χ1v) is 25.1. The van der Waals surface area contributed by atoms with E-state index in [9.17, 15) is 0 Å². The summed E-state index contributed by atoms with van der Waals surface area (Å²) >= 11 is 0. The average Bonchev–Trinajstić information content (AvgIpc) is 3.95. The molecule has 8 heteroatoms. The molecule has 0 aliphatic heterocycles. The van der Waals surface area contributed by atoms with E-state index in [0.29, 0.717) is 35.2 Å². The summed E-state index contributed by atoms with van der Waals surface area (Å²) < 4.78 is 0. The summed E-state index contributed by atoms with van der Waals surface area (Å²) in [6.07, 6.45) is 0. The molecule has 0 radical (unpaired) electrons. The lowest BCUT2D eigenvalue weighted by molar-refractivity contribution is 0.793. The molecule has 10 aromatic carbocycles. The van der Waals surface area contributed by atoms with Crippen LogP contribution >= 0.6 is 0 Å². The number of benzene rings is 10. The predicted octanol–water partition coefficient (Wildman–Crippen LogP) is 16.0. The van der Waals surface area contributed by atoms with Crippen LogP contribution in [0.2, 0.25) is 0 Å². The van der Waals surface area contributed by atoms with Gasteiger partial charge in [0.25, 0.3) is 0 Å². The van der Waals surface area contributed by atoms with Crippen molar-refractivity contribution in [1.82, 2.24) is 29.9 Å². The minimum atomic E-state index is -0.735. The van der Waals surface area contributed by atoms with Crippen LogP contribution in [-0.2, 0) is 5.41 Å². The van der Waals surface area contributed by atoms with Crippen molar-refractivity contribution in [2.24, 2.45) is 0 Å². The highest BCUT2D eigenvalue weighted by atomic mass is 15.4. The van der Waals surface area contributed by atoms with Gasteiger partial charge in [0.1, 0.15) is 0 Å². The fourth-order valence-corrected chi connectivity index (χ4v) is 11.1. The van der Waals surface area contributed by atoms with E-state index in [4.69, 9.17) is 29.9 Å². The van der Waals surface area contributed by atoms with Gasteiger partial charge in [0.2, 0.25) is 11.9 Å². The lowest BCUT2D eigenvalue weighted by atomic mass is 9.70. The first-order valence-electron chi connectivity index (χ1n) is 25.1. The van der Waals surface area contributed by atoms with E-state index >= 15 is 0 Å². The Morgan fingerprint density at radius 3 is 0.880 bits per heavy atom. The third kappa shape index (κ3) is 7.38. The molecule has 1 spiro atoms. The number of rotatable bonds is 10. The molecule has 0 fully saturated rings. The number of aromatic nitrogens is 6. The Hall–Kier alpha value is -10.2. The second-order valence-corrected chi connectivity index (χ2v) is 18.7. The van der Waals surface area contributed by atoms with Gasteiger partial charge in [-0.05, 0) is 93.0 Å². The van der Waals surface area contributed by atoms with Gasteiger partial charge >= 0.3 is 0 Å². The monoisotopic (exact) mass is 960 g/mol. The van der Waals surface area contributed by atoms with Crippen LogP contribution in [-0.4, -0.2) is 29.9 Å². The van der Waals surface area contributed by atoms with Crippen molar-refractivity contribution in [3.8, 4) is 67.8 Å². The normalized spacial score (nSPS) is 12.4. The maximum atomic E-state index is 5.37. The second-order valence-electron chi connectivity index (χ2n) is 18.7. The van der Waals surface area contributed by atoms with Gasteiger partial charge in [0, 0.05) is 39.3 Å². The summed E-state index contributed by atoms with van der Waals surface area (Å²) in [4.78, 5) is 36.1. The molecule has 0 saturated heterocycles. The lowest BCUT2D eigenvalue weighted by Crippen LogP contribution is -2.27. The molecule has 0 bridgehead atoms. The SMILES string of the molecule is c1ccc(-c2nc(-c3ccccc3)nc(N(c3ccc4c(c3)C3(c5ccccc5-c5ccccc53)c3cc(N(c5ccccc5)c5ccccc5)ccc3-4)c3nc(-c4ccccc4)nc(-c4ccccc4)n3)n2)cc1. The van der Waals surface area contributed by atoms with Gasteiger partial charge in [0.15, 0.2) is 23.3 Å². The quantitative estimate of drug-likeness (QED) is 0.134. The standard InChI is InChI=1S/C67H44N8/c1-7-23-45(24-8-1)61-68-62(46-25-9-2-10-26-46)71-65(70-61)75(66-72-63(47-27-11-3-12-28-47)69-64(73-66)48-29-13-4-14-30-48)52-40-42-56-55-41-39-51(74(49-31-15-5-16-32-49)50-33-17-6-18-34-50)43-59(55)67(60(56)44-52)57-37-21-19-35-53(57)54-36-20-22-38-58(54)67/h1-44H. The van der Waals surface area contributed by atoms with Crippen LogP contribution in [0, 0.1) is 0 Å². The highest BCUT2D eigenvalue weighted by molar-refractivity contribution is 5.97. The second kappa shape index (κ2) is 18.1. The van der Waals surface area contributed by atoms with Gasteiger partial charge in [-0.15, -0.1) is 0 Å². The number of hydrogen-bond donors (Lipinski definition) is 0. The van der Waals surface area contributed by atoms with Crippen LogP contribution in [0.4, 0.5) is 34.6 Å². The smallest absolute Gasteiger partial charge is 0.241 e. The minimum absolute atomic E-state index is 0.354. The van der Waals surface area contributed by atoms with Gasteiger partial charge in [-0.25, -0.2) is 14.9 Å². The minimum Gasteiger partial charge on any atom is -0.310 e. The van der Waals surface area contributed by atoms with E-state index < -0.39 is 5.41 Å². The van der Waals surface area contributed by atoms with E-state index in [-0.39, 0.29) is 0 Å². The molecule has 2 aliphatic rings. The third-order valence-corrected chi connectivity index (χ3v) is 14.4. The van der Waals surface area contributed by atoms with Crippen LogP contribution in [0.3, 0.4) is 0 Å². The maximum Gasteiger partial charge on any atom is 0.241 e. The average molecular weight is 961 g/mol. The van der Waals surface area contributed by atoms with Crippen LogP contribution < -0.4 is 9.80 Å². The van der Waals surface area contributed by atoms with Gasteiger partial charge in [-0.1, -0.05) is 218 Å². The highest BCUT2D eigenvalue weighted by Gasteiger charge is 2.52. The van der Waals surface area contributed by atoms with Crippen molar-refractivity contribution < 1.29 is 0 Å². The molecule has 0 amide bonds. The molecule has 0 unspecified atom stereocenters. The maximum absolute atomic E-state index is 5.37. The first kappa shape index (κ1) is 43.6. The van der Waals surface area contributed by atoms with E-state index in [0.717, 1.165) is 61.7 Å². The molecule has 2 aromatic heterocycles. The molecule has 2 heterocycles. The highest BCUT2D eigenvalue weighted by Crippen LogP contribution is 2.64. The molecular weight excluding hydrogens is 917 g/mol. The molecule has 2 aliphatic carbocycles. The summed E-state index contributed by atoms with van der Waals surface area (Å²) in [5.41, 5.74) is 16.1. The van der Waals surface area contributed by atoms with Gasteiger partial charge in [-0.3, -0.25) is 0 Å². The summed E-state index contributed by atoms with van der Waals surface area (Å²) in [7, 11) is 0. The van der Waals surface area contributed by atoms with E-state index in [2.05, 4.69) is 150 Å². The summed E-state index contributed by atoms with van der Waals surface area (Å²) in [5.74, 6) is 2.77. The fourth-order valence-electron chi connectivity index (χ4n) is 11.1. The van der Waals surface area contributed by atoms with Crippen molar-refractivity contribution in [3.63, 3.8) is 0 Å². The first-order chi connectivity index (χ1) is 37.2. The van der Waals surface area contributed by atoms with E-state index in [1.807, 2.05) is 126 Å². The largest absolute Gasteiger partial charge is 0.310 e. The molecule has 0 N–H and O–H groups in total. The summed E-state index contributed by atoms with van der Waals surface area (Å²) in [5, 5.41) is 0. The predicted molar refractivity (Wildman–Crippen MR) is 301 cm³/mol. The number of nitrogens with zero attached hydrogens (tertiary/aromatic N) is 8. The Morgan fingerprint density at radius 2 is 0.520 bits per heavy atom. The number of hydrogen-bond acceptors (Lipinski definition) is 8. The zero-order valence-electron chi connectivity index (χ0n) is 40.5. The zero-order chi connectivity index (χ0) is 49.7. The van der Waals surface area contributed by atoms with Gasteiger partial charge in [-0.2, -0.15) is 19.9 Å². The Bertz CT molecular complexity index is 3740. The van der Waals surface area contributed by atoms with Crippen molar-refractivity contribution >= 4 is 34.6 Å². The van der Waals surface area contributed by atoms with Crippen LogP contribution in [0.15, 0.2) is 267 Å². The Labute approximate surface area is 434 Å². The summed E-state index contributed by atoms with van der Waals surface area (Å²) in [6, 6.07) is 93.0. The van der Waals surface area contributed by atoms with Crippen LogP contribution in [0.1, 0.15) is 22.3 Å². The zero-order valence-corrected chi connectivity index (χ0v) is 40.5. The van der Waals surface area contributed by atoms with Crippen LogP contribution in [0.5, 0.6) is 0 Å². The Morgan fingerprint density at radius 1 is 0.227 bits per heavy atom. The van der Waals surface area contributed by atoms with E-state index in [1.54, 1.807) is 0 Å². The number of fused-ring (bicyclic) bond motifs is 10. The molecule has 0 atom stereocenters. The van der Waals surface area contributed by atoms with Crippen molar-refractivity contribution in [1.29, 1.82) is 0 Å². The molecule has 75 heavy (non-hydrogen) atoms. The Kier molecular flexibility index (Phi) is 10.5. The van der Waals surface area contributed by atoms with Crippen molar-refractivity contribution in [3.05, 3.63) is 289 Å². The van der Waals surface area contributed by atoms with Crippen molar-refractivity contribution in [2.75, 3.05) is 9.80 Å². The summed E-state index contributed by atoms with van der Waals surface area (Å²) in [6.45, 7) is 0. The Balaban J connectivity index is 1.06. The molecule has 8 nitrogen and oxygen atoms in total. The fraction of sp³-hybridized carbons (Fsp3) is 0.0149. The number of para-hydroxylation sites is 2. The van der Waals surface area contributed by atoms with Gasteiger partial charge in [0.05, 0.1) is 11.1 Å². The van der Waals surface area contributed by atoms with E-state index in [1.165, 1.54) is 27.8 Å². The third-order valence-electron chi connectivity index (χ3n) is 14.4. The van der Waals surface area contributed by atoms with Crippen LogP contribution in [0.25, 0.3) is 67.8 Å². The molecule has 352 valence electrons. The number of anilines is 6. The molecule has 14 rings (SSSR count). The van der Waals surface area contributed by atoms with Gasteiger partial charge < -0.3 is 4.90 Å². The topological polar surface area (TPSA) is 83.8 Å². The molecular formula is C67H44N8. The molecule has 0 saturated carbocycles. The molecule has 12 aromatic rings. The van der Waals surface area contributed by atoms with Crippen molar-refractivity contribution in [2.45, 2.75) is 5.41 Å². The lowest BCUT2D eigenvalue weighted by Gasteiger charge is -2.33.